The number of nitrogens with one attached hydrogen (secondary N) is 1. The zero-order valence-electron chi connectivity index (χ0n) is 21.3. The maximum absolute atomic E-state index is 13.9. The van der Waals surface area contributed by atoms with E-state index >= 15 is 0 Å². The van der Waals surface area contributed by atoms with E-state index in [0.717, 1.165) is 47.5 Å². The van der Waals surface area contributed by atoms with Gasteiger partial charge in [0.15, 0.2) is 0 Å². The van der Waals surface area contributed by atoms with Crippen LogP contribution < -0.4 is 9.62 Å². The van der Waals surface area contributed by atoms with Gasteiger partial charge in [-0.2, -0.15) is 4.31 Å². The molecule has 1 saturated heterocycles. The second-order valence-electron chi connectivity index (χ2n) is 11.6. The standard InChI is InChI=1S/C27H32FN3O5S2/c1-37(33,34)29-21-5-6-24-23(16-21)27(12-10-26(8-9-26)11-13-27)18-31(24)25(32)19-3-2-4-22(15-19)38(35,36)30-14-7-20(28)17-30/h2-6,15-16,20,29H,7-14,17-18H2,1H3/t20-/m1/s1. The second-order valence-corrected chi connectivity index (χ2v) is 15.2. The molecule has 1 amide bonds. The van der Waals surface area contributed by atoms with Gasteiger partial charge in [0, 0.05) is 42.0 Å². The molecule has 204 valence electrons. The van der Waals surface area contributed by atoms with E-state index in [-0.39, 0.29) is 41.3 Å². The average Bonchev–Trinajstić information content (AvgIpc) is 3.36. The lowest BCUT2D eigenvalue weighted by Gasteiger charge is -2.38. The largest absolute Gasteiger partial charge is 0.307 e. The van der Waals surface area contributed by atoms with E-state index in [1.807, 2.05) is 6.07 Å². The normalized spacial score (nSPS) is 24.1. The number of halogens is 1. The number of carbonyl (C=O) groups is 1. The summed E-state index contributed by atoms with van der Waals surface area (Å²) in [4.78, 5) is 15.6. The van der Waals surface area contributed by atoms with Gasteiger partial charge in [-0.25, -0.2) is 21.2 Å². The molecular formula is C27H32FN3O5S2. The summed E-state index contributed by atoms with van der Waals surface area (Å²) >= 11 is 0. The Morgan fingerprint density at radius 1 is 1.00 bits per heavy atom. The highest BCUT2D eigenvalue weighted by Crippen LogP contribution is 2.62. The van der Waals surface area contributed by atoms with Crippen LogP contribution in [0.1, 0.15) is 60.9 Å². The van der Waals surface area contributed by atoms with E-state index in [1.54, 1.807) is 29.2 Å². The van der Waals surface area contributed by atoms with Crippen LogP contribution in [0.25, 0.3) is 0 Å². The van der Waals surface area contributed by atoms with E-state index in [2.05, 4.69) is 4.72 Å². The number of alkyl halides is 1. The maximum Gasteiger partial charge on any atom is 0.258 e. The van der Waals surface area contributed by atoms with Crippen LogP contribution in [-0.4, -0.2) is 59.1 Å². The summed E-state index contributed by atoms with van der Waals surface area (Å²) in [6, 6.07) is 11.3. The minimum Gasteiger partial charge on any atom is -0.307 e. The van der Waals surface area contributed by atoms with E-state index in [0.29, 0.717) is 17.6 Å². The van der Waals surface area contributed by atoms with Crippen LogP contribution in [0.5, 0.6) is 0 Å². The number of fused-ring (bicyclic) bond motifs is 2. The maximum atomic E-state index is 13.9. The number of amides is 1. The predicted octanol–water partition coefficient (Wildman–Crippen LogP) is 4.04. The molecule has 2 spiro atoms. The van der Waals surface area contributed by atoms with Gasteiger partial charge < -0.3 is 4.90 Å². The van der Waals surface area contributed by atoms with Crippen LogP contribution in [0.4, 0.5) is 15.8 Å². The highest BCUT2D eigenvalue weighted by atomic mass is 32.2. The first-order valence-electron chi connectivity index (χ1n) is 13.1. The highest BCUT2D eigenvalue weighted by Gasteiger charge is 2.53. The molecule has 2 aromatic rings. The Morgan fingerprint density at radius 2 is 1.71 bits per heavy atom. The lowest BCUT2D eigenvalue weighted by atomic mass is 9.66. The Kier molecular flexibility index (Phi) is 5.94. The number of sulfonamides is 2. The zero-order valence-corrected chi connectivity index (χ0v) is 23.0. The van der Waals surface area contributed by atoms with Crippen molar-refractivity contribution in [3.8, 4) is 0 Å². The number of nitrogens with zero attached hydrogens (tertiary/aromatic N) is 2. The molecule has 1 atom stereocenters. The van der Waals surface area contributed by atoms with Gasteiger partial charge in [-0.3, -0.25) is 9.52 Å². The first-order valence-corrected chi connectivity index (χ1v) is 16.4. The van der Waals surface area contributed by atoms with Crippen LogP contribution >= 0.6 is 0 Å². The Hall–Kier alpha value is -2.50. The minimum absolute atomic E-state index is 0.0207. The van der Waals surface area contributed by atoms with Gasteiger partial charge in [-0.05, 0) is 92.3 Å². The van der Waals surface area contributed by atoms with Crippen LogP contribution in [0, 0.1) is 5.41 Å². The summed E-state index contributed by atoms with van der Waals surface area (Å²) in [6.45, 7) is 0.412. The van der Waals surface area contributed by atoms with Gasteiger partial charge in [0.1, 0.15) is 6.17 Å². The molecular weight excluding hydrogens is 529 g/mol. The van der Waals surface area contributed by atoms with Crippen LogP contribution in [0.3, 0.4) is 0 Å². The van der Waals surface area contributed by atoms with Crippen molar-refractivity contribution in [2.45, 2.75) is 61.4 Å². The fraction of sp³-hybridized carbons (Fsp3) is 0.519. The number of carbonyl (C=O) groups excluding carboxylic acids is 1. The third-order valence-electron chi connectivity index (χ3n) is 8.90. The van der Waals surface area contributed by atoms with E-state index in [9.17, 15) is 26.0 Å². The number of benzene rings is 2. The fourth-order valence-corrected chi connectivity index (χ4v) is 8.57. The Morgan fingerprint density at radius 3 is 2.34 bits per heavy atom. The number of hydrogen-bond donors (Lipinski definition) is 1. The van der Waals surface area contributed by atoms with Crippen molar-refractivity contribution in [2.75, 3.05) is 35.5 Å². The van der Waals surface area contributed by atoms with Gasteiger partial charge in [0.05, 0.1) is 11.2 Å². The van der Waals surface area contributed by atoms with Crippen molar-refractivity contribution in [2.24, 2.45) is 5.41 Å². The van der Waals surface area contributed by atoms with Crippen molar-refractivity contribution in [1.29, 1.82) is 0 Å². The first-order chi connectivity index (χ1) is 17.9. The SMILES string of the molecule is CS(=O)(=O)Nc1ccc2c(c1)C1(CCC3(CC3)CC1)CN2C(=O)c1cccc(S(=O)(=O)N2CC[C@@H](F)C2)c1. The van der Waals surface area contributed by atoms with Crippen molar-refractivity contribution >= 4 is 37.3 Å². The fourth-order valence-electron chi connectivity index (χ4n) is 6.49. The molecule has 2 heterocycles. The Bertz CT molecular complexity index is 1510. The van der Waals surface area contributed by atoms with E-state index < -0.39 is 26.2 Å². The third-order valence-corrected chi connectivity index (χ3v) is 11.4. The Balaban J connectivity index is 1.34. The summed E-state index contributed by atoms with van der Waals surface area (Å²) in [5.41, 5.74) is 2.57. The highest BCUT2D eigenvalue weighted by molar-refractivity contribution is 7.92. The Labute approximate surface area is 223 Å². The van der Waals surface area contributed by atoms with Crippen molar-refractivity contribution in [3.05, 3.63) is 53.6 Å². The molecule has 2 aliphatic carbocycles. The molecule has 2 aliphatic heterocycles. The molecule has 6 rings (SSSR count). The van der Waals surface area contributed by atoms with Crippen molar-refractivity contribution < 1.29 is 26.0 Å². The average molecular weight is 562 g/mol. The zero-order chi connectivity index (χ0) is 26.9. The third kappa shape index (κ3) is 4.52. The smallest absolute Gasteiger partial charge is 0.258 e. The quantitative estimate of drug-likeness (QED) is 0.594. The molecule has 8 nitrogen and oxygen atoms in total. The monoisotopic (exact) mass is 561 g/mol. The molecule has 38 heavy (non-hydrogen) atoms. The molecule has 4 aliphatic rings. The summed E-state index contributed by atoms with van der Waals surface area (Å²) < 4.78 is 67.4. The predicted molar refractivity (Wildman–Crippen MR) is 143 cm³/mol. The number of rotatable bonds is 5. The molecule has 2 saturated carbocycles. The van der Waals surface area contributed by atoms with Crippen LogP contribution in [-0.2, 0) is 25.5 Å². The van der Waals surface area contributed by atoms with Gasteiger partial charge in [0.25, 0.3) is 5.91 Å². The van der Waals surface area contributed by atoms with Gasteiger partial charge in [-0.1, -0.05) is 6.07 Å². The minimum atomic E-state index is -3.91. The summed E-state index contributed by atoms with van der Waals surface area (Å²) in [5, 5.41) is 0. The first kappa shape index (κ1) is 25.8. The molecule has 0 aromatic heterocycles. The van der Waals surface area contributed by atoms with Gasteiger partial charge in [-0.15, -0.1) is 0 Å². The lowest BCUT2D eigenvalue weighted by molar-refractivity contribution is 0.0980. The van der Waals surface area contributed by atoms with Crippen molar-refractivity contribution in [1.82, 2.24) is 4.31 Å². The molecule has 1 N–H and O–H groups in total. The van der Waals surface area contributed by atoms with Crippen LogP contribution in [0.15, 0.2) is 47.4 Å². The molecule has 0 unspecified atom stereocenters. The lowest BCUT2D eigenvalue weighted by Crippen LogP contribution is -2.40. The molecule has 0 bridgehead atoms. The van der Waals surface area contributed by atoms with Crippen LogP contribution in [0.2, 0.25) is 0 Å². The summed E-state index contributed by atoms with van der Waals surface area (Å²) in [7, 11) is -7.37. The molecule has 0 radical (unpaired) electrons. The van der Waals surface area contributed by atoms with E-state index in [4.69, 9.17) is 0 Å². The second kappa shape index (κ2) is 8.76. The number of hydrogen-bond acceptors (Lipinski definition) is 5. The number of anilines is 2. The van der Waals surface area contributed by atoms with Gasteiger partial charge >= 0.3 is 0 Å². The van der Waals surface area contributed by atoms with Gasteiger partial charge in [0.2, 0.25) is 20.0 Å². The van der Waals surface area contributed by atoms with E-state index in [1.165, 1.54) is 25.0 Å². The van der Waals surface area contributed by atoms with Crippen molar-refractivity contribution in [3.63, 3.8) is 0 Å². The molecule has 11 heteroatoms. The molecule has 3 fully saturated rings. The summed E-state index contributed by atoms with van der Waals surface area (Å²) in [6.07, 6.45) is 6.58. The topological polar surface area (TPSA) is 104 Å². The molecule has 2 aromatic carbocycles. The summed E-state index contributed by atoms with van der Waals surface area (Å²) in [5.74, 6) is -0.305.